The Bertz CT molecular complexity index is 745. The Morgan fingerprint density at radius 2 is 1.76 bits per heavy atom. The summed E-state index contributed by atoms with van der Waals surface area (Å²) in [4.78, 5) is 4.29. The van der Waals surface area contributed by atoms with Crippen LogP contribution in [0.5, 0.6) is 0 Å². The number of rotatable bonds is 5. The van der Waals surface area contributed by atoms with E-state index in [1.165, 1.54) is 19.2 Å². The zero-order valence-corrected chi connectivity index (χ0v) is 11.9. The SMILES string of the molecule is CONc1cccc(N=Nc2ccccc2)c1S(=O)(=O)O. The van der Waals surface area contributed by atoms with E-state index in [0.717, 1.165) is 0 Å². The van der Waals surface area contributed by atoms with Crippen LogP contribution in [0.25, 0.3) is 0 Å². The molecule has 0 heterocycles. The summed E-state index contributed by atoms with van der Waals surface area (Å²) < 4.78 is 32.4. The van der Waals surface area contributed by atoms with E-state index in [1.807, 2.05) is 6.07 Å². The summed E-state index contributed by atoms with van der Waals surface area (Å²) in [6, 6.07) is 13.2. The molecule has 0 spiro atoms. The summed E-state index contributed by atoms with van der Waals surface area (Å²) in [6.07, 6.45) is 0. The van der Waals surface area contributed by atoms with Crippen molar-refractivity contribution >= 4 is 27.2 Å². The van der Waals surface area contributed by atoms with Gasteiger partial charge in [-0.2, -0.15) is 13.5 Å². The van der Waals surface area contributed by atoms with E-state index in [2.05, 4.69) is 20.5 Å². The first kappa shape index (κ1) is 15.1. The van der Waals surface area contributed by atoms with Crippen LogP contribution >= 0.6 is 0 Å². The van der Waals surface area contributed by atoms with Gasteiger partial charge in [-0.15, -0.1) is 5.11 Å². The Hall–Kier alpha value is -2.29. The van der Waals surface area contributed by atoms with Gasteiger partial charge in [-0.3, -0.25) is 14.9 Å². The van der Waals surface area contributed by atoms with Crippen molar-refractivity contribution in [3.05, 3.63) is 48.5 Å². The first-order valence-corrected chi connectivity index (χ1v) is 7.32. The fourth-order valence-electron chi connectivity index (χ4n) is 1.67. The molecule has 0 fully saturated rings. The average molecular weight is 307 g/mol. The zero-order chi connectivity index (χ0) is 15.3. The Balaban J connectivity index is 2.49. The third-order valence-corrected chi connectivity index (χ3v) is 3.44. The molecule has 0 atom stereocenters. The van der Waals surface area contributed by atoms with Crippen LogP contribution in [0.3, 0.4) is 0 Å². The molecule has 21 heavy (non-hydrogen) atoms. The quantitative estimate of drug-likeness (QED) is 0.501. The maximum absolute atomic E-state index is 11.5. The van der Waals surface area contributed by atoms with Crippen molar-refractivity contribution in [3.8, 4) is 0 Å². The minimum atomic E-state index is -4.49. The van der Waals surface area contributed by atoms with Gasteiger partial charge in [0, 0.05) is 0 Å². The topological polar surface area (TPSA) is 100 Å². The van der Waals surface area contributed by atoms with Gasteiger partial charge in [0.25, 0.3) is 10.1 Å². The molecule has 0 saturated heterocycles. The highest BCUT2D eigenvalue weighted by Crippen LogP contribution is 2.32. The van der Waals surface area contributed by atoms with Crippen molar-refractivity contribution in [3.63, 3.8) is 0 Å². The Morgan fingerprint density at radius 3 is 2.38 bits per heavy atom. The smallest absolute Gasteiger partial charge is 0.282 e. The van der Waals surface area contributed by atoms with Gasteiger partial charge in [-0.25, -0.2) is 0 Å². The number of hydrogen-bond acceptors (Lipinski definition) is 6. The third kappa shape index (κ3) is 3.85. The highest BCUT2D eigenvalue weighted by Gasteiger charge is 2.20. The summed E-state index contributed by atoms with van der Waals surface area (Å²) in [6.45, 7) is 0. The fourth-order valence-corrected chi connectivity index (χ4v) is 2.43. The van der Waals surface area contributed by atoms with Crippen LogP contribution in [0.4, 0.5) is 17.1 Å². The minimum absolute atomic E-state index is 0.00315. The maximum Gasteiger partial charge on any atom is 0.298 e. The van der Waals surface area contributed by atoms with Gasteiger partial charge in [-0.1, -0.05) is 24.3 Å². The van der Waals surface area contributed by atoms with E-state index < -0.39 is 15.0 Å². The van der Waals surface area contributed by atoms with Crippen LogP contribution in [0, 0.1) is 0 Å². The third-order valence-electron chi connectivity index (χ3n) is 2.49. The van der Waals surface area contributed by atoms with Crippen LogP contribution in [-0.4, -0.2) is 20.1 Å². The zero-order valence-electron chi connectivity index (χ0n) is 11.1. The summed E-state index contributed by atoms with van der Waals surface area (Å²) in [5.41, 5.74) is 3.02. The van der Waals surface area contributed by atoms with Gasteiger partial charge in [-0.05, 0) is 24.3 Å². The second-order valence-corrected chi connectivity index (χ2v) is 5.33. The molecule has 0 unspecified atom stereocenters. The molecule has 2 rings (SSSR count). The van der Waals surface area contributed by atoms with Crippen LogP contribution in [0.15, 0.2) is 63.7 Å². The standard InChI is InChI=1S/C13H13N3O4S/c1-20-16-12-9-5-8-11(13(12)21(17,18)19)15-14-10-6-3-2-4-7-10/h2-9,16H,1H3,(H,17,18,19). The Labute approximate surface area is 122 Å². The van der Waals surface area contributed by atoms with Gasteiger partial charge in [0.2, 0.25) is 0 Å². The maximum atomic E-state index is 11.5. The van der Waals surface area contributed by atoms with Crippen molar-refractivity contribution in [2.45, 2.75) is 4.90 Å². The number of nitrogens with zero attached hydrogens (tertiary/aromatic N) is 2. The van der Waals surface area contributed by atoms with Crippen molar-refractivity contribution in [1.29, 1.82) is 0 Å². The lowest BCUT2D eigenvalue weighted by Gasteiger charge is -2.09. The molecule has 0 radical (unpaired) electrons. The normalized spacial score (nSPS) is 11.7. The molecule has 8 heteroatoms. The average Bonchev–Trinajstić information content (AvgIpc) is 2.45. The van der Waals surface area contributed by atoms with E-state index in [4.69, 9.17) is 0 Å². The number of benzene rings is 2. The molecular weight excluding hydrogens is 294 g/mol. The molecule has 0 aliphatic heterocycles. The molecule has 0 bridgehead atoms. The van der Waals surface area contributed by atoms with Crippen LogP contribution in [0.2, 0.25) is 0 Å². The van der Waals surface area contributed by atoms with E-state index in [1.54, 1.807) is 30.3 Å². The molecular formula is C13H13N3O4S. The highest BCUT2D eigenvalue weighted by atomic mass is 32.2. The second kappa shape index (κ2) is 6.44. The number of azo groups is 1. The molecule has 0 aliphatic carbocycles. The molecule has 2 aromatic rings. The highest BCUT2D eigenvalue weighted by molar-refractivity contribution is 7.86. The molecule has 2 N–H and O–H groups in total. The number of anilines is 1. The van der Waals surface area contributed by atoms with Crippen molar-refractivity contribution in [2.24, 2.45) is 10.2 Å². The van der Waals surface area contributed by atoms with E-state index in [0.29, 0.717) is 5.69 Å². The summed E-state index contributed by atoms with van der Waals surface area (Å²) >= 11 is 0. The molecule has 0 saturated carbocycles. The minimum Gasteiger partial charge on any atom is -0.282 e. The molecule has 7 nitrogen and oxygen atoms in total. The van der Waals surface area contributed by atoms with Gasteiger partial charge < -0.3 is 0 Å². The molecule has 0 amide bonds. The van der Waals surface area contributed by atoms with Crippen LogP contribution < -0.4 is 5.48 Å². The lowest BCUT2D eigenvalue weighted by atomic mass is 10.3. The predicted octanol–water partition coefficient (Wildman–Crippen LogP) is 3.32. The molecule has 110 valence electrons. The van der Waals surface area contributed by atoms with Gasteiger partial charge in [0.15, 0.2) is 0 Å². The fraction of sp³-hybridized carbons (Fsp3) is 0.0769. The van der Waals surface area contributed by atoms with Gasteiger partial charge in [0.05, 0.1) is 18.5 Å². The van der Waals surface area contributed by atoms with Crippen molar-refractivity contribution in [1.82, 2.24) is 0 Å². The van der Waals surface area contributed by atoms with Crippen molar-refractivity contribution in [2.75, 3.05) is 12.6 Å². The first-order chi connectivity index (χ1) is 10.0. The van der Waals surface area contributed by atoms with E-state index >= 15 is 0 Å². The number of nitrogens with one attached hydrogen (secondary N) is 1. The summed E-state index contributed by atoms with van der Waals surface area (Å²) in [7, 11) is -3.16. The number of hydrogen-bond donors (Lipinski definition) is 2. The lowest BCUT2D eigenvalue weighted by molar-refractivity contribution is 0.269. The monoisotopic (exact) mass is 307 g/mol. The molecule has 0 aromatic heterocycles. The molecule has 2 aromatic carbocycles. The Morgan fingerprint density at radius 1 is 1.05 bits per heavy atom. The summed E-state index contributed by atoms with van der Waals surface area (Å²) in [5.74, 6) is 0. The Kier molecular flexibility index (Phi) is 4.63. The predicted molar refractivity (Wildman–Crippen MR) is 77.5 cm³/mol. The summed E-state index contributed by atoms with van der Waals surface area (Å²) in [5, 5.41) is 7.81. The lowest BCUT2D eigenvalue weighted by Crippen LogP contribution is -2.05. The molecule has 0 aliphatic rings. The largest absolute Gasteiger partial charge is 0.298 e. The van der Waals surface area contributed by atoms with Gasteiger partial charge >= 0.3 is 0 Å². The van der Waals surface area contributed by atoms with Crippen LogP contribution in [0.1, 0.15) is 0 Å². The second-order valence-electron chi connectivity index (χ2n) is 3.97. The first-order valence-electron chi connectivity index (χ1n) is 5.88. The van der Waals surface area contributed by atoms with Crippen LogP contribution in [-0.2, 0) is 15.0 Å². The van der Waals surface area contributed by atoms with E-state index in [9.17, 15) is 13.0 Å². The van der Waals surface area contributed by atoms with Gasteiger partial charge in [0.1, 0.15) is 10.6 Å². The van der Waals surface area contributed by atoms with Crippen molar-refractivity contribution < 1.29 is 17.8 Å². The van der Waals surface area contributed by atoms with E-state index in [-0.39, 0.29) is 11.4 Å².